The Morgan fingerprint density at radius 3 is 3.15 bits per heavy atom. The number of pyridine rings is 1. The summed E-state index contributed by atoms with van der Waals surface area (Å²) in [6.45, 7) is 3.66. The molecule has 7 nitrogen and oxygen atoms in total. The van der Waals surface area contributed by atoms with Crippen LogP contribution in [-0.4, -0.2) is 41.0 Å². The summed E-state index contributed by atoms with van der Waals surface area (Å²) in [5.74, 6) is 0.574. The first-order chi connectivity index (χ1) is 9.65. The summed E-state index contributed by atoms with van der Waals surface area (Å²) < 4.78 is 0. The van der Waals surface area contributed by atoms with Crippen LogP contribution in [0, 0.1) is 10.1 Å². The largest absolute Gasteiger partial charge is 0.365 e. The van der Waals surface area contributed by atoms with Crippen LogP contribution in [0.15, 0.2) is 30.4 Å². The molecule has 0 unspecified atom stereocenters. The van der Waals surface area contributed by atoms with E-state index in [0.29, 0.717) is 24.1 Å². The third-order valence-electron chi connectivity index (χ3n) is 2.93. The van der Waals surface area contributed by atoms with E-state index in [1.54, 1.807) is 12.3 Å². The second kappa shape index (κ2) is 7.06. The van der Waals surface area contributed by atoms with Crippen LogP contribution in [-0.2, 0) is 6.54 Å². The second-order valence-corrected chi connectivity index (χ2v) is 4.77. The van der Waals surface area contributed by atoms with E-state index >= 15 is 0 Å². The van der Waals surface area contributed by atoms with Crippen molar-refractivity contribution in [1.29, 1.82) is 0 Å². The van der Waals surface area contributed by atoms with Gasteiger partial charge in [-0.15, -0.1) is 0 Å². The van der Waals surface area contributed by atoms with E-state index in [9.17, 15) is 10.1 Å². The number of hydrogen-bond donors (Lipinski definition) is 2. The number of halogens is 1. The van der Waals surface area contributed by atoms with Crippen molar-refractivity contribution < 1.29 is 4.92 Å². The molecule has 1 fully saturated rings. The maximum absolute atomic E-state index is 10.5. The van der Waals surface area contributed by atoms with E-state index in [-0.39, 0.29) is 0 Å². The molecular formula is C12H16ClN5O2. The zero-order valence-corrected chi connectivity index (χ0v) is 11.6. The summed E-state index contributed by atoms with van der Waals surface area (Å²) in [5, 5.41) is 17.2. The van der Waals surface area contributed by atoms with E-state index in [1.165, 1.54) is 0 Å². The molecule has 2 N–H and O–H groups in total. The van der Waals surface area contributed by atoms with Crippen LogP contribution in [0.4, 0.5) is 0 Å². The molecule has 0 aromatic carbocycles. The van der Waals surface area contributed by atoms with Gasteiger partial charge in [-0.1, -0.05) is 17.7 Å². The molecular weight excluding hydrogens is 282 g/mol. The summed E-state index contributed by atoms with van der Waals surface area (Å²) >= 11 is 5.71. The van der Waals surface area contributed by atoms with Crippen LogP contribution in [0.5, 0.6) is 0 Å². The van der Waals surface area contributed by atoms with Crippen molar-refractivity contribution in [3.05, 3.63) is 51.2 Å². The van der Waals surface area contributed by atoms with Crippen molar-refractivity contribution in [2.45, 2.75) is 6.54 Å². The molecule has 1 aromatic heterocycles. The zero-order chi connectivity index (χ0) is 14.4. The third-order valence-corrected chi connectivity index (χ3v) is 3.16. The van der Waals surface area contributed by atoms with Gasteiger partial charge in [0, 0.05) is 38.9 Å². The highest BCUT2D eigenvalue weighted by Gasteiger charge is 2.18. The van der Waals surface area contributed by atoms with Crippen molar-refractivity contribution in [3.8, 4) is 0 Å². The first-order valence-corrected chi connectivity index (χ1v) is 6.68. The van der Waals surface area contributed by atoms with Crippen LogP contribution < -0.4 is 10.6 Å². The summed E-state index contributed by atoms with van der Waals surface area (Å²) in [6, 6.07) is 3.67. The standard InChI is InChI=1S/C12H16ClN5O2/c13-11-2-1-10(8-16-11)7-14-3-5-17-6-4-15-12(17)9-18(19)20/h1-2,8-9,14-15H,3-7H2. The van der Waals surface area contributed by atoms with E-state index in [0.717, 1.165) is 31.4 Å². The lowest BCUT2D eigenvalue weighted by Crippen LogP contribution is -2.30. The SMILES string of the molecule is O=[N+]([O-])C=C1NCCN1CCNCc1ccc(Cl)nc1. The summed E-state index contributed by atoms with van der Waals surface area (Å²) in [7, 11) is 0. The predicted molar refractivity (Wildman–Crippen MR) is 75.6 cm³/mol. The molecule has 0 bridgehead atoms. The van der Waals surface area contributed by atoms with Crippen LogP contribution in [0.1, 0.15) is 5.56 Å². The first kappa shape index (κ1) is 14.5. The molecule has 8 heteroatoms. The highest BCUT2D eigenvalue weighted by molar-refractivity contribution is 6.29. The van der Waals surface area contributed by atoms with Gasteiger partial charge < -0.3 is 15.5 Å². The monoisotopic (exact) mass is 297 g/mol. The van der Waals surface area contributed by atoms with Gasteiger partial charge in [0.25, 0.3) is 6.20 Å². The molecule has 2 rings (SSSR count). The maximum atomic E-state index is 10.5. The zero-order valence-electron chi connectivity index (χ0n) is 10.9. The molecule has 0 atom stereocenters. The minimum atomic E-state index is -0.437. The van der Waals surface area contributed by atoms with Crippen LogP contribution in [0.3, 0.4) is 0 Å². The number of nitrogens with one attached hydrogen (secondary N) is 2. The molecule has 2 heterocycles. The Labute approximate surface area is 121 Å². The lowest BCUT2D eigenvalue weighted by atomic mass is 10.3. The van der Waals surface area contributed by atoms with E-state index < -0.39 is 4.92 Å². The number of aromatic nitrogens is 1. The van der Waals surface area contributed by atoms with Gasteiger partial charge in [-0.3, -0.25) is 10.1 Å². The average molecular weight is 298 g/mol. The fourth-order valence-electron chi connectivity index (χ4n) is 1.97. The predicted octanol–water partition coefficient (Wildman–Crippen LogP) is 0.805. The van der Waals surface area contributed by atoms with E-state index in [2.05, 4.69) is 15.6 Å². The van der Waals surface area contributed by atoms with E-state index in [4.69, 9.17) is 11.6 Å². The van der Waals surface area contributed by atoms with Crippen molar-refractivity contribution in [2.24, 2.45) is 0 Å². The molecule has 0 amide bonds. The molecule has 1 aromatic rings. The molecule has 1 saturated heterocycles. The maximum Gasteiger partial charge on any atom is 0.274 e. The molecule has 1 aliphatic rings. The number of nitro groups is 1. The molecule has 0 spiro atoms. The highest BCUT2D eigenvalue weighted by Crippen LogP contribution is 2.07. The van der Waals surface area contributed by atoms with Gasteiger partial charge in [0.05, 0.1) is 4.92 Å². The second-order valence-electron chi connectivity index (χ2n) is 4.38. The van der Waals surface area contributed by atoms with Gasteiger partial charge in [0.1, 0.15) is 5.15 Å². The van der Waals surface area contributed by atoms with Crippen molar-refractivity contribution in [1.82, 2.24) is 20.5 Å². The normalized spacial score (nSPS) is 16.4. The van der Waals surface area contributed by atoms with Gasteiger partial charge in [0.15, 0.2) is 5.82 Å². The van der Waals surface area contributed by atoms with Gasteiger partial charge in [-0.2, -0.15) is 0 Å². The van der Waals surface area contributed by atoms with Gasteiger partial charge in [0.2, 0.25) is 0 Å². The summed E-state index contributed by atoms with van der Waals surface area (Å²) in [6.07, 6.45) is 2.74. The smallest absolute Gasteiger partial charge is 0.274 e. The molecule has 0 radical (unpaired) electrons. The quantitative estimate of drug-likeness (QED) is 0.350. The fraction of sp³-hybridized carbons (Fsp3) is 0.417. The molecule has 1 aliphatic heterocycles. The fourth-order valence-corrected chi connectivity index (χ4v) is 2.08. The highest BCUT2D eigenvalue weighted by atomic mass is 35.5. The van der Waals surface area contributed by atoms with Crippen molar-refractivity contribution >= 4 is 11.6 Å². The average Bonchev–Trinajstić information content (AvgIpc) is 2.83. The lowest BCUT2D eigenvalue weighted by Gasteiger charge is -2.17. The Hall–Kier alpha value is -1.86. The van der Waals surface area contributed by atoms with Gasteiger partial charge in [-0.25, -0.2) is 4.98 Å². The van der Waals surface area contributed by atoms with Crippen molar-refractivity contribution in [2.75, 3.05) is 26.2 Å². The molecule has 0 aliphatic carbocycles. The Balaban J connectivity index is 1.73. The molecule has 20 heavy (non-hydrogen) atoms. The Kier molecular flexibility index (Phi) is 5.14. The molecule has 0 saturated carbocycles. The van der Waals surface area contributed by atoms with Gasteiger partial charge in [-0.05, 0) is 11.6 Å². The Morgan fingerprint density at radius 1 is 1.60 bits per heavy atom. The molecule has 108 valence electrons. The Bertz CT molecular complexity index is 491. The van der Waals surface area contributed by atoms with E-state index in [1.807, 2.05) is 11.0 Å². The van der Waals surface area contributed by atoms with Crippen LogP contribution in [0.2, 0.25) is 5.15 Å². The number of hydrogen-bond acceptors (Lipinski definition) is 6. The third kappa shape index (κ3) is 4.36. The first-order valence-electron chi connectivity index (χ1n) is 6.30. The van der Waals surface area contributed by atoms with Crippen molar-refractivity contribution in [3.63, 3.8) is 0 Å². The topological polar surface area (TPSA) is 83.3 Å². The Morgan fingerprint density at radius 2 is 2.45 bits per heavy atom. The van der Waals surface area contributed by atoms with Crippen LogP contribution in [0.25, 0.3) is 0 Å². The number of rotatable bonds is 6. The summed E-state index contributed by atoms with van der Waals surface area (Å²) in [4.78, 5) is 16.0. The minimum absolute atomic E-state index is 0.437. The minimum Gasteiger partial charge on any atom is -0.365 e. The summed E-state index contributed by atoms with van der Waals surface area (Å²) in [5.41, 5.74) is 1.05. The van der Waals surface area contributed by atoms with Gasteiger partial charge >= 0.3 is 0 Å². The lowest BCUT2D eigenvalue weighted by molar-refractivity contribution is -0.404. The number of nitrogens with zero attached hydrogens (tertiary/aromatic N) is 3. The van der Waals surface area contributed by atoms with Crippen LogP contribution >= 0.6 is 11.6 Å².